The van der Waals surface area contributed by atoms with E-state index in [0.717, 1.165) is 14.2 Å². The molecule has 0 saturated carbocycles. The Labute approximate surface area is 204 Å². The molecule has 2 N–H and O–H groups in total. The first-order valence-electron chi connectivity index (χ1n) is 10.4. The van der Waals surface area contributed by atoms with Gasteiger partial charge in [0, 0.05) is 48.8 Å². The molecule has 0 atom stereocenters. The number of hydrogen-bond acceptors (Lipinski definition) is 12. The summed E-state index contributed by atoms with van der Waals surface area (Å²) in [5.41, 5.74) is 0. The number of carbonyl (C=O) groups excluding carboxylic acids is 5. The molecule has 0 amide bonds. The second-order valence-corrected chi connectivity index (χ2v) is 4.62. The number of aliphatic hydroxyl groups excluding tert-OH is 2. The molecule has 12 nitrogen and oxygen atoms in total. The minimum Gasteiger partial charge on any atom is -0.466 e. The first-order valence-corrected chi connectivity index (χ1v) is 10.4. The van der Waals surface area contributed by atoms with E-state index in [-0.39, 0.29) is 29.8 Å². The van der Waals surface area contributed by atoms with Crippen LogP contribution < -0.4 is 0 Å². The molecular formula is C22H48O12. The summed E-state index contributed by atoms with van der Waals surface area (Å²) in [6.07, 6.45) is 0. The first-order chi connectivity index (χ1) is 15.9. The van der Waals surface area contributed by atoms with Gasteiger partial charge in [-0.1, -0.05) is 0 Å². The van der Waals surface area contributed by atoms with Gasteiger partial charge in [-0.3, -0.25) is 24.0 Å². The maximum Gasteiger partial charge on any atom is 0.302 e. The summed E-state index contributed by atoms with van der Waals surface area (Å²) in [5.74, 6) is -1.05. The highest BCUT2D eigenvalue weighted by Crippen LogP contribution is 1.71. The molecule has 0 rings (SSSR count). The Bertz CT molecular complexity index is 345. The smallest absolute Gasteiger partial charge is 0.302 e. The molecular weight excluding hydrogens is 456 g/mol. The van der Waals surface area contributed by atoms with E-state index in [9.17, 15) is 24.0 Å². The average molecular weight is 505 g/mol. The van der Waals surface area contributed by atoms with Crippen molar-refractivity contribution in [2.75, 3.05) is 47.3 Å². The van der Waals surface area contributed by atoms with Gasteiger partial charge in [0.2, 0.25) is 0 Å². The highest BCUT2D eigenvalue weighted by molar-refractivity contribution is 5.66. The van der Waals surface area contributed by atoms with Crippen molar-refractivity contribution in [2.24, 2.45) is 0 Å². The fraction of sp³-hybridized carbons (Fsp3) is 0.773. The Kier molecular flexibility index (Phi) is 74.8. The summed E-state index contributed by atoms with van der Waals surface area (Å²) in [5, 5.41) is 14.0. The summed E-state index contributed by atoms with van der Waals surface area (Å²) in [4.78, 5) is 49.1. The van der Waals surface area contributed by atoms with Crippen LogP contribution in [0.1, 0.15) is 69.2 Å². The van der Waals surface area contributed by atoms with Crippen molar-refractivity contribution in [3.63, 3.8) is 0 Å². The van der Waals surface area contributed by atoms with Gasteiger partial charge >= 0.3 is 29.8 Å². The molecule has 0 bridgehead atoms. The van der Waals surface area contributed by atoms with Crippen LogP contribution >= 0.6 is 0 Å². The summed E-state index contributed by atoms with van der Waals surface area (Å²) in [6.45, 7) is 18.3. The Hall–Kier alpha value is -2.73. The van der Waals surface area contributed by atoms with Crippen LogP contribution in [0.25, 0.3) is 0 Å². The molecule has 0 unspecified atom stereocenters. The van der Waals surface area contributed by atoms with Crippen LogP contribution in [0.3, 0.4) is 0 Å². The van der Waals surface area contributed by atoms with Crippen molar-refractivity contribution in [2.45, 2.75) is 69.2 Å². The number of ether oxygens (including phenoxy) is 5. The minimum atomic E-state index is -0.211. The molecule has 0 aromatic rings. The van der Waals surface area contributed by atoms with Crippen LogP contribution in [-0.4, -0.2) is 87.3 Å². The van der Waals surface area contributed by atoms with Crippen molar-refractivity contribution in [3.05, 3.63) is 0 Å². The predicted octanol–water partition coefficient (Wildman–Crippen LogP) is 2.06. The Morgan fingerprint density at radius 1 is 0.382 bits per heavy atom. The second-order valence-electron chi connectivity index (χ2n) is 4.62. The molecule has 0 radical (unpaired) electrons. The van der Waals surface area contributed by atoms with Crippen LogP contribution in [0.15, 0.2) is 0 Å². The van der Waals surface area contributed by atoms with E-state index in [1.54, 1.807) is 34.6 Å². The number of carbonyl (C=O) groups is 5. The lowest BCUT2D eigenvalue weighted by atomic mass is 10.8. The summed E-state index contributed by atoms with van der Waals surface area (Å²) in [6, 6.07) is 0. The largest absolute Gasteiger partial charge is 0.466 e. The highest BCUT2D eigenvalue weighted by atomic mass is 16.5. The molecule has 208 valence electrons. The van der Waals surface area contributed by atoms with E-state index in [4.69, 9.17) is 10.2 Å². The predicted molar refractivity (Wildman–Crippen MR) is 128 cm³/mol. The lowest BCUT2D eigenvalue weighted by Gasteiger charge is -1.89. The van der Waals surface area contributed by atoms with Gasteiger partial charge in [0.15, 0.2) is 0 Å². The zero-order valence-corrected chi connectivity index (χ0v) is 23.0. The third-order valence-corrected chi connectivity index (χ3v) is 1.74. The topological polar surface area (TPSA) is 172 Å². The summed E-state index contributed by atoms with van der Waals surface area (Å²) < 4.78 is 22.0. The van der Waals surface area contributed by atoms with Crippen molar-refractivity contribution in [3.8, 4) is 0 Å². The van der Waals surface area contributed by atoms with Crippen LogP contribution in [0.4, 0.5) is 0 Å². The quantitative estimate of drug-likeness (QED) is 0.413. The monoisotopic (exact) mass is 504 g/mol. The zero-order valence-electron chi connectivity index (χ0n) is 23.0. The molecule has 0 aliphatic carbocycles. The summed E-state index contributed by atoms with van der Waals surface area (Å²) in [7, 11) is 2.00. The van der Waals surface area contributed by atoms with Gasteiger partial charge < -0.3 is 33.9 Å². The van der Waals surface area contributed by atoms with E-state index >= 15 is 0 Å². The lowest BCUT2D eigenvalue weighted by molar-refractivity contribution is -0.141. The fourth-order valence-corrected chi connectivity index (χ4v) is 1.02. The molecule has 0 aromatic heterocycles. The van der Waals surface area contributed by atoms with Crippen molar-refractivity contribution < 1.29 is 57.9 Å². The molecule has 0 spiro atoms. The van der Waals surface area contributed by atoms with Crippen molar-refractivity contribution in [1.82, 2.24) is 0 Å². The van der Waals surface area contributed by atoms with Crippen LogP contribution in [-0.2, 0) is 47.7 Å². The molecule has 34 heavy (non-hydrogen) atoms. The third kappa shape index (κ3) is 155. The maximum atomic E-state index is 9.82. The van der Waals surface area contributed by atoms with E-state index in [2.05, 4.69) is 23.7 Å². The molecule has 0 saturated heterocycles. The zero-order chi connectivity index (χ0) is 29.0. The summed E-state index contributed by atoms with van der Waals surface area (Å²) >= 11 is 0. The molecule has 0 aromatic carbocycles. The van der Waals surface area contributed by atoms with Gasteiger partial charge in [-0.25, -0.2) is 0 Å². The van der Waals surface area contributed by atoms with Crippen LogP contribution in [0, 0.1) is 0 Å². The van der Waals surface area contributed by atoms with Crippen LogP contribution in [0.5, 0.6) is 0 Å². The number of aliphatic hydroxyl groups is 2. The van der Waals surface area contributed by atoms with Crippen molar-refractivity contribution in [1.29, 1.82) is 0 Å². The van der Waals surface area contributed by atoms with Gasteiger partial charge in [0.05, 0.1) is 33.0 Å². The molecule has 0 aliphatic rings. The minimum absolute atomic E-state index is 0.211. The van der Waals surface area contributed by atoms with Gasteiger partial charge in [-0.05, 0) is 34.6 Å². The Morgan fingerprint density at radius 3 is 0.471 bits per heavy atom. The van der Waals surface area contributed by atoms with Gasteiger partial charge in [-0.15, -0.1) is 0 Å². The normalized spacial score (nSPS) is 7.12. The number of rotatable bonds is 5. The van der Waals surface area contributed by atoms with Crippen LogP contribution in [0.2, 0.25) is 0 Å². The second kappa shape index (κ2) is 52.3. The number of esters is 5. The Balaban J connectivity index is -0.0000000516. The third-order valence-electron chi connectivity index (χ3n) is 1.74. The fourth-order valence-electron chi connectivity index (χ4n) is 1.02. The SMILES string of the molecule is CCOC(C)=O.CCOC(C)=O.CCOC(C)=O.CCOC(C)=O.CCOC(C)=O.CO.CO. The van der Waals surface area contributed by atoms with E-state index in [1.807, 2.05) is 0 Å². The maximum absolute atomic E-state index is 9.82. The van der Waals surface area contributed by atoms with E-state index in [1.165, 1.54) is 34.6 Å². The van der Waals surface area contributed by atoms with Gasteiger partial charge in [0.25, 0.3) is 0 Å². The van der Waals surface area contributed by atoms with Gasteiger partial charge in [0.1, 0.15) is 0 Å². The highest BCUT2D eigenvalue weighted by Gasteiger charge is 1.83. The molecule has 0 heterocycles. The first kappa shape index (κ1) is 48.6. The van der Waals surface area contributed by atoms with E-state index < -0.39 is 0 Å². The molecule has 12 heteroatoms. The van der Waals surface area contributed by atoms with Gasteiger partial charge in [-0.2, -0.15) is 0 Å². The molecule has 0 aliphatic heterocycles. The number of hydrogen-bond donors (Lipinski definition) is 2. The lowest BCUT2D eigenvalue weighted by Crippen LogP contribution is -1.95. The average Bonchev–Trinajstić information content (AvgIpc) is 2.72. The van der Waals surface area contributed by atoms with Crippen molar-refractivity contribution >= 4 is 29.8 Å². The Morgan fingerprint density at radius 2 is 0.471 bits per heavy atom. The van der Waals surface area contributed by atoms with E-state index in [0.29, 0.717) is 33.0 Å². The standard InChI is InChI=1S/5C4H8O2.2CH4O/c5*1-3-6-4(2)5;2*1-2/h5*3H2,1-2H3;2*2H,1H3. The molecule has 0 fully saturated rings.